The second-order valence-corrected chi connectivity index (χ2v) is 5.76. The fraction of sp³-hybridized carbons (Fsp3) is 0.529. The number of rotatable bonds is 7. The maximum Gasteiger partial charge on any atom is 0.305 e. The Kier molecular flexibility index (Phi) is 5.47. The molecule has 1 aromatic rings. The van der Waals surface area contributed by atoms with Crippen molar-refractivity contribution in [1.82, 2.24) is 5.32 Å². The van der Waals surface area contributed by atoms with Gasteiger partial charge in [0.25, 0.3) is 0 Å². The summed E-state index contributed by atoms with van der Waals surface area (Å²) in [5, 5.41) is 11.5. The quantitative estimate of drug-likeness (QED) is 0.803. The van der Waals surface area contributed by atoms with E-state index in [0.29, 0.717) is 11.5 Å². The predicted octanol–water partition coefficient (Wildman–Crippen LogP) is 2.11. The van der Waals surface area contributed by atoms with Crippen LogP contribution in [0.25, 0.3) is 0 Å². The highest BCUT2D eigenvalue weighted by molar-refractivity contribution is 5.89. The highest BCUT2D eigenvalue weighted by Crippen LogP contribution is 2.43. The van der Waals surface area contributed by atoms with Crippen LogP contribution in [0.3, 0.4) is 0 Å². The summed E-state index contributed by atoms with van der Waals surface area (Å²) < 4.78 is 10.6. The maximum absolute atomic E-state index is 12.7. The first-order chi connectivity index (χ1) is 11.0. The third-order valence-corrected chi connectivity index (χ3v) is 4.45. The van der Waals surface area contributed by atoms with E-state index >= 15 is 0 Å². The molecule has 23 heavy (non-hydrogen) atoms. The van der Waals surface area contributed by atoms with Crippen molar-refractivity contribution in [3.05, 3.63) is 23.8 Å². The van der Waals surface area contributed by atoms with Crippen molar-refractivity contribution in [3.8, 4) is 11.5 Å². The third-order valence-electron chi connectivity index (χ3n) is 4.45. The van der Waals surface area contributed by atoms with Crippen molar-refractivity contribution in [1.29, 1.82) is 0 Å². The molecule has 1 aliphatic carbocycles. The fourth-order valence-electron chi connectivity index (χ4n) is 3.21. The van der Waals surface area contributed by atoms with Gasteiger partial charge in [-0.2, -0.15) is 0 Å². The van der Waals surface area contributed by atoms with Crippen LogP contribution in [0, 0.1) is 0 Å². The van der Waals surface area contributed by atoms with E-state index in [-0.39, 0.29) is 18.9 Å². The van der Waals surface area contributed by atoms with Gasteiger partial charge in [-0.05, 0) is 30.5 Å². The summed E-state index contributed by atoms with van der Waals surface area (Å²) in [4.78, 5) is 23.4. The summed E-state index contributed by atoms with van der Waals surface area (Å²) in [7, 11) is 3.14. The van der Waals surface area contributed by atoms with Crippen LogP contribution < -0.4 is 14.8 Å². The molecule has 1 aromatic carbocycles. The number of benzene rings is 1. The number of hydrogen-bond donors (Lipinski definition) is 2. The second kappa shape index (κ2) is 7.35. The number of ether oxygens (including phenoxy) is 2. The molecule has 0 aromatic heterocycles. The molecule has 0 bridgehead atoms. The van der Waals surface area contributed by atoms with Crippen LogP contribution in [-0.4, -0.2) is 37.7 Å². The summed E-state index contributed by atoms with van der Waals surface area (Å²) in [6.07, 6.45) is 3.37. The lowest BCUT2D eigenvalue weighted by Crippen LogP contribution is -2.43. The second-order valence-electron chi connectivity index (χ2n) is 5.76. The van der Waals surface area contributed by atoms with Gasteiger partial charge in [0, 0.05) is 6.54 Å². The van der Waals surface area contributed by atoms with Crippen LogP contribution in [-0.2, 0) is 15.0 Å². The van der Waals surface area contributed by atoms with E-state index in [4.69, 9.17) is 14.6 Å². The largest absolute Gasteiger partial charge is 0.493 e. The molecule has 0 saturated heterocycles. The zero-order valence-electron chi connectivity index (χ0n) is 13.6. The number of carboxylic acids is 1. The molecular weight excluding hydrogens is 298 g/mol. The zero-order valence-corrected chi connectivity index (χ0v) is 13.6. The van der Waals surface area contributed by atoms with E-state index in [1.165, 1.54) is 0 Å². The predicted molar refractivity (Wildman–Crippen MR) is 85.0 cm³/mol. The average molecular weight is 321 g/mol. The van der Waals surface area contributed by atoms with Gasteiger partial charge < -0.3 is 19.9 Å². The minimum Gasteiger partial charge on any atom is -0.493 e. The van der Waals surface area contributed by atoms with Gasteiger partial charge in [-0.25, -0.2) is 0 Å². The molecule has 1 amide bonds. The first-order valence-corrected chi connectivity index (χ1v) is 7.76. The van der Waals surface area contributed by atoms with E-state index in [1.807, 2.05) is 12.1 Å². The summed E-state index contributed by atoms with van der Waals surface area (Å²) in [6.45, 7) is 0.142. The SMILES string of the molecule is COc1ccc(C2(C(=O)NCCC(=O)O)CCCC2)cc1OC. The first kappa shape index (κ1) is 17.1. The third kappa shape index (κ3) is 3.57. The van der Waals surface area contributed by atoms with Crippen molar-refractivity contribution in [2.24, 2.45) is 0 Å². The number of carbonyl (C=O) groups excluding carboxylic acids is 1. The normalized spacial score (nSPS) is 15.9. The molecule has 6 heteroatoms. The molecule has 0 unspecified atom stereocenters. The highest BCUT2D eigenvalue weighted by Gasteiger charge is 2.42. The lowest BCUT2D eigenvalue weighted by molar-refractivity contribution is -0.137. The smallest absolute Gasteiger partial charge is 0.305 e. The minimum atomic E-state index is -0.920. The van der Waals surface area contributed by atoms with Crippen LogP contribution in [0.15, 0.2) is 18.2 Å². The number of nitrogens with one attached hydrogen (secondary N) is 1. The summed E-state index contributed by atoms with van der Waals surface area (Å²) in [5.74, 6) is 0.186. The molecule has 1 fully saturated rings. The van der Waals surface area contributed by atoms with Gasteiger partial charge in [0.05, 0.1) is 26.1 Å². The first-order valence-electron chi connectivity index (χ1n) is 7.76. The van der Waals surface area contributed by atoms with Gasteiger partial charge in [-0.1, -0.05) is 18.9 Å². The Morgan fingerprint density at radius 3 is 2.39 bits per heavy atom. The molecule has 1 aliphatic rings. The van der Waals surface area contributed by atoms with Gasteiger partial charge in [0.2, 0.25) is 5.91 Å². The minimum absolute atomic E-state index is 0.0756. The lowest BCUT2D eigenvalue weighted by atomic mass is 9.77. The van der Waals surface area contributed by atoms with Crippen LogP contribution in [0.4, 0.5) is 0 Å². The highest BCUT2D eigenvalue weighted by atomic mass is 16.5. The number of methoxy groups -OCH3 is 2. The Hall–Kier alpha value is -2.24. The molecule has 2 rings (SSSR count). The molecular formula is C17H23NO5. The molecule has 0 spiro atoms. The van der Waals surface area contributed by atoms with Crippen molar-refractivity contribution in [3.63, 3.8) is 0 Å². The van der Waals surface area contributed by atoms with E-state index in [0.717, 1.165) is 31.2 Å². The Labute approximate surface area is 135 Å². The number of hydrogen-bond acceptors (Lipinski definition) is 4. The number of aliphatic carboxylic acids is 1. The Morgan fingerprint density at radius 2 is 1.83 bits per heavy atom. The molecule has 0 aliphatic heterocycles. The number of carboxylic acid groups (broad SMARTS) is 1. The maximum atomic E-state index is 12.7. The Morgan fingerprint density at radius 1 is 1.17 bits per heavy atom. The Bertz CT molecular complexity index is 578. The molecule has 1 saturated carbocycles. The van der Waals surface area contributed by atoms with Crippen molar-refractivity contribution in [2.75, 3.05) is 20.8 Å². The van der Waals surface area contributed by atoms with E-state index in [1.54, 1.807) is 20.3 Å². The van der Waals surface area contributed by atoms with E-state index in [2.05, 4.69) is 5.32 Å². The summed E-state index contributed by atoms with van der Waals surface area (Å²) in [6, 6.07) is 5.54. The van der Waals surface area contributed by atoms with Gasteiger partial charge in [0.1, 0.15) is 0 Å². The summed E-state index contributed by atoms with van der Waals surface area (Å²) >= 11 is 0. The van der Waals surface area contributed by atoms with Crippen LogP contribution in [0.5, 0.6) is 11.5 Å². The van der Waals surface area contributed by atoms with Crippen LogP contribution in [0.2, 0.25) is 0 Å². The number of carbonyl (C=O) groups is 2. The van der Waals surface area contributed by atoms with E-state index in [9.17, 15) is 9.59 Å². The molecule has 126 valence electrons. The number of amides is 1. The monoisotopic (exact) mass is 321 g/mol. The fourth-order valence-corrected chi connectivity index (χ4v) is 3.21. The van der Waals surface area contributed by atoms with Gasteiger partial charge >= 0.3 is 5.97 Å². The summed E-state index contributed by atoms with van der Waals surface area (Å²) in [5.41, 5.74) is 0.276. The van der Waals surface area contributed by atoms with Crippen molar-refractivity contribution >= 4 is 11.9 Å². The molecule has 0 heterocycles. The van der Waals surface area contributed by atoms with Crippen molar-refractivity contribution in [2.45, 2.75) is 37.5 Å². The molecule has 2 N–H and O–H groups in total. The van der Waals surface area contributed by atoms with Gasteiger partial charge in [-0.15, -0.1) is 0 Å². The molecule has 0 radical (unpaired) electrons. The lowest BCUT2D eigenvalue weighted by Gasteiger charge is -2.29. The van der Waals surface area contributed by atoms with E-state index < -0.39 is 11.4 Å². The Balaban J connectivity index is 2.26. The van der Waals surface area contributed by atoms with Crippen LogP contribution in [0.1, 0.15) is 37.7 Å². The topological polar surface area (TPSA) is 84.9 Å². The van der Waals surface area contributed by atoms with Crippen LogP contribution >= 0.6 is 0 Å². The van der Waals surface area contributed by atoms with Gasteiger partial charge in [-0.3, -0.25) is 9.59 Å². The average Bonchev–Trinajstić information content (AvgIpc) is 3.04. The van der Waals surface area contributed by atoms with Gasteiger partial charge in [0.15, 0.2) is 11.5 Å². The molecule has 6 nitrogen and oxygen atoms in total. The zero-order chi connectivity index (χ0) is 16.9. The standard InChI is InChI=1S/C17H23NO5/c1-22-13-6-5-12(11-14(13)23-2)17(8-3-4-9-17)16(21)18-10-7-15(19)20/h5-6,11H,3-4,7-10H2,1-2H3,(H,18,21)(H,19,20). The molecule has 0 atom stereocenters. The van der Waals surface area contributed by atoms with Crippen molar-refractivity contribution < 1.29 is 24.2 Å².